The van der Waals surface area contributed by atoms with Gasteiger partial charge in [-0.2, -0.15) is 0 Å². The van der Waals surface area contributed by atoms with Crippen LogP contribution in [0.25, 0.3) is 5.65 Å². The van der Waals surface area contributed by atoms with E-state index in [-0.39, 0.29) is 0 Å². The molecule has 4 nitrogen and oxygen atoms in total. The van der Waals surface area contributed by atoms with Crippen molar-refractivity contribution in [3.05, 3.63) is 36.3 Å². The largest absolute Gasteiger partial charge is 0.311 e. The maximum atomic E-state index is 4.79. The maximum Gasteiger partial charge on any atom is 0.137 e. The van der Waals surface area contributed by atoms with Crippen LogP contribution in [0.5, 0.6) is 0 Å². The highest BCUT2D eigenvalue weighted by atomic mass is 15.3. The molecule has 4 rings (SSSR count). The van der Waals surface area contributed by atoms with Crippen molar-refractivity contribution in [1.29, 1.82) is 0 Å². The summed E-state index contributed by atoms with van der Waals surface area (Å²) in [4.78, 5) is 7.48. The standard InChI is InChI=1S/C17H24N4/c1-14-10-21(17(13-18-14)7-3-4-8-17)12-15-11-20-9-5-2-6-16(20)19-15/h2,5-6,9,11,14,18H,3-4,7-8,10,12-13H2,1H3. The minimum absolute atomic E-state index is 0.377. The van der Waals surface area contributed by atoms with Crippen LogP contribution in [0.15, 0.2) is 30.6 Å². The van der Waals surface area contributed by atoms with E-state index in [4.69, 9.17) is 4.98 Å². The molecule has 21 heavy (non-hydrogen) atoms. The molecule has 1 aliphatic carbocycles. The predicted octanol–water partition coefficient (Wildman–Crippen LogP) is 2.44. The van der Waals surface area contributed by atoms with Gasteiger partial charge in [0.05, 0.1) is 5.69 Å². The van der Waals surface area contributed by atoms with Gasteiger partial charge in [0.25, 0.3) is 0 Å². The first kappa shape index (κ1) is 13.3. The Bertz CT molecular complexity index is 594. The molecule has 0 amide bonds. The summed E-state index contributed by atoms with van der Waals surface area (Å²) in [5.41, 5.74) is 2.63. The van der Waals surface area contributed by atoms with Crippen LogP contribution < -0.4 is 5.32 Å². The van der Waals surface area contributed by atoms with E-state index in [1.807, 2.05) is 0 Å². The molecule has 1 spiro atoms. The first-order valence-electron chi connectivity index (χ1n) is 8.16. The third-order valence-corrected chi connectivity index (χ3v) is 5.25. The lowest BCUT2D eigenvalue weighted by atomic mass is 9.91. The Morgan fingerprint density at radius 1 is 1.33 bits per heavy atom. The molecule has 2 aromatic heterocycles. The number of hydrogen-bond acceptors (Lipinski definition) is 3. The van der Waals surface area contributed by atoms with Gasteiger partial charge in [-0.25, -0.2) is 4.98 Å². The van der Waals surface area contributed by atoms with E-state index in [1.54, 1.807) is 0 Å². The quantitative estimate of drug-likeness (QED) is 0.919. The Balaban J connectivity index is 1.61. The Labute approximate surface area is 126 Å². The van der Waals surface area contributed by atoms with Crippen molar-refractivity contribution in [3.63, 3.8) is 0 Å². The van der Waals surface area contributed by atoms with Crippen LogP contribution in [-0.2, 0) is 6.54 Å². The van der Waals surface area contributed by atoms with Gasteiger partial charge in [0.2, 0.25) is 0 Å². The van der Waals surface area contributed by atoms with Gasteiger partial charge in [-0.3, -0.25) is 4.90 Å². The van der Waals surface area contributed by atoms with Crippen molar-refractivity contribution in [3.8, 4) is 0 Å². The van der Waals surface area contributed by atoms with Gasteiger partial charge >= 0.3 is 0 Å². The molecular weight excluding hydrogens is 260 g/mol. The topological polar surface area (TPSA) is 32.6 Å². The van der Waals surface area contributed by atoms with Crippen LogP contribution in [0.4, 0.5) is 0 Å². The minimum atomic E-state index is 0.377. The van der Waals surface area contributed by atoms with Crippen molar-refractivity contribution >= 4 is 5.65 Å². The van der Waals surface area contributed by atoms with Crippen molar-refractivity contribution < 1.29 is 0 Å². The Morgan fingerprint density at radius 2 is 2.19 bits per heavy atom. The van der Waals surface area contributed by atoms with E-state index in [0.29, 0.717) is 11.6 Å². The van der Waals surface area contributed by atoms with Crippen LogP contribution in [-0.4, -0.2) is 39.0 Å². The van der Waals surface area contributed by atoms with Crippen molar-refractivity contribution in [2.75, 3.05) is 13.1 Å². The average molecular weight is 284 g/mol. The summed E-state index contributed by atoms with van der Waals surface area (Å²) in [5, 5.41) is 3.69. The van der Waals surface area contributed by atoms with E-state index >= 15 is 0 Å². The zero-order chi connectivity index (χ0) is 14.3. The third-order valence-electron chi connectivity index (χ3n) is 5.25. The fourth-order valence-electron chi connectivity index (χ4n) is 4.08. The summed E-state index contributed by atoms with van der Waals surface area (Å²) in [6, 6.07) is 6.77. The second-order valence-corrected chi connectivity index (χ2v) is 6.79. The van der Waals surface area contributed by atoms with Crippen LogP contribution >= 0.6 is 0 Å². The summed E-state index contributed by atoms with van der Waals surface area (Å²) in [6.07, 6.45) is 9.68. The summed E-state index contributed by atoms with van der Waals surface area (Å²) < 4.78 is 2.13. The van der Waals surface area contributed by atoms with Crippen LogP contribution in [0, 0.1) is 0 Å². The fourth-order valence-corrected chi connectivity index (χ4v) is 4.08. The first-order chi connectivity index (χ1) is 10.3. The molecule has 4 heteroatoms. The lowest BCUT2D eigenvalue weighted by molar-refractivity contribution is 0.0383. The van der Waals surface area contributed by atoms with Crippen molar-refractivity contribution in [1.82, 2.24) is 19.6 Å². The number of aromatic nitrogens is 2. The van der Waals surface area contributed by atoms with Gasteiger partial charge in [0.1, 0.15) is 5.65 Å². The normalized spacial score (nSPS) is 25.9. The van der Waals surface area contributed by atoms with Crippen LogP contribution in [0.3, 0.4) is 0 Å². The smallest absolute Gasteiger partial charge is 0.137 e. The highest BCUT2D eigenvalue weighted by Gasteiger charge is 2.42. The fraction of sp³-hybridized carbons (Fsp3) is 0.588. The van der Waals surface area contributed by atoms with Crippen molar-refractivity contribution in [2.24, 2.45) is 0 Å². The Hall–Kier alpha value is -1.39. The third kappa shape index (κ3) is 2.36. The molecule has 1 saturated heterocycles. The Kier molecular flexibility index (Phi) is 3.23. The number of nitrogens with one attached hydrogen (secondary N) is 1. The second-order valence-electron chi connectivity index (χ2n) is 6.79. The van der Waals surface area contributed by atoms with Gasteiger partial charge in [-0.1, -0.05) is 18.9 Å². The van der Waals surface area contributed by atoms with E-state index in [2.05, 4.69) is 52.1 Å². The van der Waals surface area contributed by atoms with Crippen LogP contribution in [0.1, 0.15) is 38.3 Å². The lowest BCUT2D eigenvalue weighted by Crippen LogP contribution is -2.62. The number of fused-ring (bicyclic) bond motifs is 1. The number of pyridine rings is 1. The summed E-state index contributed by atoms with van der Waals surface area (Å²) in [5.74, 6) is 0. The van der Waals surface area contributed by atoms with Crippen LogP contribution in [0.2, 0.25) is 0 Å². The molecule has 1 unspecified atom stereocenters. The molecular formula is C17H24N4. The average Bonchev–Trinajstić information content (AvgIpc) is 3.10. The number of hydrogen-bond donors (Lipinski definition) is 1. The lowest BCUT2D eigenvalue weighted by Gasteiger charge is -2.47. The van der Waals surface area contributed by atoms with Gasteiger partial charge in [-0.15, -0.1) is 0 Å². The zero-order valence-electron chi connectivity index (χ0n) is 12.8. The van der Waals surface area contributed by atoms with E-state index in [9.17, 15) is 0 Å². The molecule has 3 heterocycles. The molecule has 1 aliphatic heterocycles. The summed E-state index contributed by atoms with van der Waals surface area (Å²) in [7, 11) is 0. The summed E-state index contributed by atoms with van der Waals surface area (Å²) >= 11 is 0. The molecule has 0 aromatic carbocycles. The summed E-state index contributed by atoms with van der Waals surface area (Å²) in [6.45, 7) is 5.54. The van der Waals surface area contributed by atoms with E-state index < -0.39 is 0 Å². The highest BCUT2D eigenvalue weighted by Crippen LogP contribution is 2.37. The molecule has 2 aromatic rings. The van der Waals surface area contributed by atoms with E-state index in [0.717, 1.165) is 25.3 Å². The molecule has 112 valence electrons. The molecule has 0 bridgehead atoms. The monoisotopic (exact) mass is 284 g/mol. The van der Waals surface area contributed by atoms with Crippen molar-refractivity contribution in [2.45, 2.75) is 50.7 Å². The highest BCUT2D eigenvalue weighted by molar-refractivity contribution is 5.39. The van der Waals surface area contributed by atoms with Gasteiger partial charge in [-0.05, 0) is 31.9 Å². The first-order valence-corrected chi connectivity index (χ1v) is 8.16. The number of imidazole rings is 1. The zero-order valence-corrected chi connectivity index (χ0v) is 12.8. The van der Waals surface area contributed by atoms with Gasteiger partial charge in [0.15, 0.2) is 0 Å². The number of piperazine rings is 1. The molecule has 2 aliphatic rings. The van der Waals surface area contributed by atoms with Gasteiger partial charge < -0.3 is 9.72 Å². The number of nitrogens with zero attached hydrogens (tertiary/aromatic N) is 3. The molecule has 0 radical (unpaired) electrons. The molecule has 1 saturated carbocycles. The van der Waals surface area contributed by atoms with E-state index in [1.165, 1.54) is 31.4 Å². The number of rotatable bonds is 2. The molecule has 1 N–H and O–H groups in total. The second kappa shape index (κ2) is 5.11. The maximum absolute atomic E-state index is 4.79. The SMILES string of the molecule is CC1CN(Cc2cn3ccccc3n2)C2(CCCC2)CN1. The minimum Gasteiger partial charge on any atom is -0.311 e. The van der Waals surface area contributed by atoms with Gasteiger partial charge in [0, 0.05) is 43.6 Å². The Morgan fingerprint density at radius 3 is 3.00 bits per heavy atom. The molecule has 1 atom stereocenters. The predicted molar refractivity (Wildman–Crippen MR) is 84.3 cm³/mol. The molecule has 2 fully saturated rings.